The lowest BCUT2D eigenvalue weighted by Gasteiger charge is -2.41. The molecule has 5 aromatic rings. The number of amides is 2. The van der Waals surface area contributed by atoms with Crippen molar-refractivity contribution in [2.24, 2.45) is 5.92 Å². The molecule has 16 heteroatoms. The second-order valence-corrected chi connectivity index (χ2v) is 14.7. The largest absolute Gasteiger partial charge is 0.508 e. The number of nitrogens with zero attached hydrogens (tertiary/aromatic N) is 5. The Balaban J connectivity index is 1.08. The number of aromatic hydroxyl groups is 1. The maximum Gasteiger partial charge on any atom is 0.471 e. The molecule has 3 heterocycles. The number of aliphatic hydroxyl groups excluding tert-OH is 1. The summed E-state index contributed by atoms with van der Waals surface area (Å²) in [6.45, 7) is 1.92. The molecule has 12 nitrogen and oxygen atoms in total. The van der Waals surface area contributed by atoms with Gasteiger partial charge in [0, 0.05) is 30.3 Å². The number of benzene rings is 4. The maximum absolute atomic E-state index is 13.1. The Morgan fingerprint density at radius 1 is 0.946 bits per heavy atom. The van der Waals surface area contributed by atoms with Crippen LogP contribution in [0.3, 0.4) is 0 Å². The fourth-order valence-corrected chi connectivity index (χ4v) is 8.07. The molecule has 0 spiro atoms. The first-order chi connectivity index (χ1) is 27.0. The molecule has 0 bridgehead atoms. The number of carbonyl (C=O) groups is 2. The van der Waals surface area contributed by atoms with Gasteiger partial charge < -0.3 is 29.9 Å². The number of aromatic nitrogens is 4. The van der Waals surface area contributed by atoms with Crippen molar-refractivity contribution >= 4 is 23.6 Å². The molecular formula is C40H39F3N6O6S. The topological polar surface area (TPSA) is 152 Å². The van der Waals surface area contributed by atoms with E-state index in [1.165, 1.54) is 11.8 Å². The third-order valence-electron chi connectivity index (χ3n) is 10.1. The van der Waals surface area contributed by atoms with Gasteiger partial charge in [-0.05, 0) is 75.4 Å². The number of phenolic OH excluding ortho intramolecular Hbond substituents is 1. The second kappa shape index (κ2) is 16.8. The summed E-state index contributed by atoms with van der Waals surface area (Å²) in [5, 5.41) is 34.9. The predicted octanol–water partition coefficient (Wildman–Crippen LogP) is 6.28. The molecule has 2 fully saturated rings. The van der Waals surface area contributed by atoms with Crippen molar-refractivity contribution in [3.8, 4) is 22.6 Å². The number of alkyl halides is 3. The molecule has 4 aromatic carbocycles. The summed E-state index contributed by atoms with van der Waals surface area (Å²) in [4.78, 5) is 25.5. The van der Waals surface area contributed by atoms with Crippen molar-refractivity contribution in [2.45, 2.75) is 68.8 Å². The fraction of sp³-hybridized carbons (Fsp3) is 0.325. The minimum Gasteiger partial charge on any atom is -0.508 e. The highest BCUT2D eigenvalue weighted by Crippen LogP contribution is 2.43. The molecular weight excluding hydrogens is 750 g/mol. The van der Waals surface area contributed by atoms with Crippen molar-refractivity contribution < 1.29 is 42.4 Å². The molecule has 0 radical (unpaired) electrons. The maximum atomic E-state index is 13.1. The van der Waals surface area contributed by atoms with Gasteiger partial charge >= 0.3 is 12.1 Å². The van der Waals surface area contributed by atoms with Crippen LogP contribution in [0.4, 0.5) is 13.2 Å². The number of hydrogen-bond acceptors (Lipinski definition) is 10. The molecule has 3 N–H and O–H groups in total. The van der Waals surface area contributed by atoms with Gasteiger partial charge in [0.2, 0.25) is 11.1 Å². The number of carbonyl (C=O) groups excluding carboxylic acids is 2. The minimum absolute atomic E-state index is 0.0557. The number of halogens is 3. The Morgan fingerprint density at radius 2 is 1.66 bits per heavy atom. The Hall–Kier alpha value is -5.29. The van der Waals surface area contributed by atoms with E-state index in [4.69, 9.17) is 9.47 Å². The standard InChI is InChI=1S/C40H39F3N6O6S/c1-24-34(23-56-39-45-46-47-49(39)30-16-18-31(51)19-17-30)54-37(55-35(24)27-10-8-25(22-50)9-11-27)28-14-12-26(13-15-28)32-6-3-2-5-29(32)21-44-36(52)33-7-4-20-48(33)38(53)40(41,42)43/h2-3,5-6,8-19,24,33-35,37,50-51H,4,7,20-23H2,1H3,(H,44,52)/t24-,33+,34+,35+,37+/m1/s1. The number of thioether (sulfide) groups is 1. The van der Waals surface area contributed by atoms with E-state index in [0.717, 1.165) is 33.4 Å². The lowest BCUT2D eigenvalue weighted by Crippen LogP contribution is -2.50. The second-order valence-electron chi connectivity index (χ2n) is 13.7. The fourth-order valence-electron chi connectivity index (χ4n) is 7.01. The van der Waals surface area contributed by atoms with Crippen LogP contribution in [0, 0.1) is 5.92 Å². The molecule has 5 atom stereocenters. The first-order valence-corrected chi connectivity index (χ1v) is 19.0. The predicted molar refractivity (Wildman–Crippen MR) is 199 cm³/mol. The molecule has 2 aliphatic rings. The van der Waals surface area contributed by atoms with Crippen LogP contribution >= 0.6 is 11.8 Å². The van der Waals surface area contributed by atoms with Crippen LogP contribution in [-0.4, -0.2) is 77.8 Å². The summed E-state index contributed by atoms with van der Waals surface area (Å²) in [6.07, 6.45) is -5.98. The Labute approximate surface area is 324 Å². The highest BCUT2D eigenvalue weighted by Gasteiger charge is 2.47. The van der Waals surface area contributed by atoms with E-state index in [2.05, 4.69) is 27.8 Å². The molecule has 2 saturated heterocycles. The number of hydrogen-bond donors (Lipinski definition) is 3. The average Bonchev–Trinajstić information content (AvgIpc) is 3.90. The molecule has 2 amide bonds. The van der Waals surface area contributed by atoms with Crippen molar-refractivity contribution in [3.05, 3.63) is 119 Å². The van der Waals surface area contributed by atoms with Gasteiger partial charge in [-0.15, -0.1) is 5.10 Å². The van der Waals surface area contributed by atoms with E-state index in [1.54, 1.807) is 28.9 Å². The lowest BCUT2D eigenvalue weighted by molar-refractivity contribution is -0.268. The van der Waals surface area contributed by atoms with Crippen molar-refractivity contribution in [3.63, 3.8) is 0 Å². The van der Waals surface area contributed by atoms with E-state index >= 15 is 0 Å². The molecule has 2 aliphatic heterocycles. The van der Waals surface area contributed by atoms with Crippen LogP contribution in [0.2, 0.25) is 0 Å². The number of ether oxygens (including phenoxy) is 2. The van der Waals surface area contributed by atoms with Gasteiger partial charge in [0.1, 0.15) is 11.8 Å². The molecule has 7 rings (SSSR count). The quantitative estimate of drug-likeness (QED) is 0.131. The van der Waals surface area contributed by atoms with Crippen LogP contribution in [0.1, 0.15) is 54.4 Å². The Morgan fingerprint density at radius 3 is 2.38 bits per heavy atom. The Kier molecular flexibility index (Phi) is 11.7. The summed E-state index contributed by atoms with van der Waals surface area (Å²) in [7, 11) is 0. The average molecular weight is 789 g/mol. The van der Waals surface area contributed by atoms with Crippen molar-refractivity contribution in [1.82, 2.24) is 30.4 Å². The van der Waals surface area contributed by atoms with E-state index in [0.29, 0.717) is 27.9 Å². The number of tetrazole rings is 1. The summed E-state index contributed by atoms with van der Waals surface area (Å²) in [5.41, 5.74) is 5.57. The molecule has 56 heavy (non-hydrogen) atoms. The number of likely N-dealkylation sites (tertiary alicyclic amines) is 1. The zero-order chi connectivity index (χ0) is 39.4. The molecule has 0 saturated carbocycles. The zero-order valence-electron chi connectivity index (χ0n) is 30.2. The third-order valence-corrected chi connectivity index (χ3v) is 11.1. The van der Waals surface area contributed by atoms with Crippen molar-refractivity contribution in [2.75, 3.05) is 12.3 Å². The summed E-state index contributed by atoms with van der Waals surface area (Å²) < 4.78 is 54.3. The SMILES string of the molecule is C[C@@H]1[C@H](CSc2nnnn2-c2ccc(O)cc2)O[C@H](c2ccc(-c3ccccc3CNC(=O)[C@@H]3CCCN3C(=O)C(F)(F)F)cc2)O[C@@H]1c1ccc(CO)cc1. The van der Waals surface area contributed by atoms with E-state index < -0.39 is 30.3 Å². The smallest absolute Gasteiger partial charge is 0.471 e. The molecule has 0 aliphatic carbocycles. The van der Waals surface area contributed by atoms with Gasteiger partial charge in [-0.1, -0.05) is 91.5 Å². The number of phenols is 1. The van der Waals surface area contributed by atoms with E-state index in [9.17, 15) is 33.0 Å². The number of aliphatic hydroxyl groups is 1. The highest BCUT2D eigenvalue weighted by atomic mass is 32.2. The van der Waals surface area contributed by atoms with Crippen LogP contribution in [0.5, 0.6) is 5.75 Å². The monoisotopic (exact) mass is 788 g/mol. The van der Waals surface area contributed by atoms with Gasteiger partial charge in [0.25, 0.3) is 0 Å². The lowest BCUT2D eigenvalue weighted by atomic mass is 9.91. The first-order valence-electron chi connectivity index (χ1n) is 18.0. The van der Waals surface area contributed by atoms with Crippen LogP contribution in [0.15, 0.2) is 102 Å². The third kappa shape index (κ3) is 8.58. The summed E-state index contributed by atoms with van der Waals surface area (Å²) in [5.74, 6) is -2.10. The minimum atomic E-state index is -5.05. The number of nitrogens with one attached hydrogen (secondary N) is 1. The van der Waals surface area contributed by atoms with Gasteiger partial charge in [-0.3, -0.25) is 9.59 Å². The normalized spacial score (nSPS) is 21.2. The summed E-state index contributed by atoms with van der Waals surface area (Å²) in [6, 6.07) is 28.1. The van der Waals surface area contributed by atoms with Gasteiger partial charge in [-0.2, -0.15) is 17.9 Å². The van der Waals surface area contributed by atoms with Gasteiger partial charge in [-0.25, -0.2) is 0 Å². The molecule has 292 valence electrons. The van der Waals surface area contributed by atoms with E-state index in [1.807, 2.05) is 72.8 Å². The van der Waals surface area contributed by atoms with Crippen LogP contribution < -0.4 is 5.32 Å². The van der Waals surface area contributed by atoms with Crippen LogP contribution in [0.25, 0.3) is 16.8 Å². The summed E-state index contributed by atoms with van der Waals surface area (Å²) >= 11 is 1.43. The van der Waals surface area contributed by atoms with Crippen LogP contribution in [-0.2, 0) is 32.2 Å². The van der Waals surface area contributed by atoms with Gasteiger partial charge in [0.05, 0.1) is 24.5 Å². The highest BCUT2D eigenvalue weighted by molar-refractivity contribution is 7.99. The van der Waals surface area contributed by atoms with Gasteiger partial charge in [0.15, 0.2) is 6.29 Å². The molecule has 1 aromatic heterocycles. The Bertz CT molecular complexity index is 2130. The molecule has 0 unspecified atom stereocenters. The van der Waals surface area contributed by atoms with Crippen molar-refractivity contribution in [1.29, 1.82) is 0 Å². The number of rotatable bonds is 11. The van der Waals surface area contributed by atoms with E-state index in [-0.39, 0.29) is 50.0 Å². The zero-order valence-corrected chi connectivity index (χ0v) is 31.0. The first kappa shape index (κ1) is 39.0.